The van der Waals surface area contributed by atoms with E-state index in [1.807, 2.05) is 6.07 Å². The Morgan fingerprint density at radius 2 is 1.65 bits per heavy atom. The Kier molecular flexibility index (Phi) is 7.24. The van der Waals surface area contributed by atoms with Crippen LogP contribution in [0.2, 0.25) is 10.0 Å². The first-order chi connectivity index (χ1) is 17.8. The highest BCUT2D eigenvalue weighted by Crippen LogP contribution is 2.36. The number of benzene rings is 3. The summed E-state index contributed by atoms with van der Waals surface area (Å²) < 4.78 is 12.9. The molecule has 0 saturated carbocycles. The molecule has 5 rings (SSSR count). The number of aliphatic hydroxyl groups is 4. The number of rotatable bonds is 6. The Labute approximate surface area is 221 Å². The molecule has 0 aliphatic carbocycles. The van der Waals surface area contributed by atoms with Gasteiger partial charge in [0.05, 0.1) is 24.0 Å². The number of ketones is 1. The van der Waals surface area contributed by atoms with Crippen molar-refractivity contribution in [3.63, 3.8) is 0 Å². The van der Waals surface area contributed by atoms with Crippen molar-refractivity contribution < 1.29 is 34.7 Å². The number of carbonyl (C=O) groups excluding carboxylic acids is 1. The summed E-state index contributed by atoms with van der Waals surface area (Å²) in [6.07, 6.45) is -5.60. The van der Waals surface area contributed by atoms with Crippen molar-refractivity contribution in [2.24, 2.45) is 0 Å². The van der Waals surface area contributed by atoms with Crippen LogP contribution < -0.4 is 4.74 Å². The highest BCUT2D eigenvalue weighted by molar-refractivity contribution is 6.31. The molecule has 4 N–H and O–H groups in total. The molecule has 10 heteroatoms. The predicted octanol–water partition coefficient (Wildman–Crippen LogP) is 3.35. The monoisotopic (exact) mass is 543 g/mol. The van der Waals surface area contributed by atoms with E-state index in [2.05, 4.69) is 0 Å². The van der Waals surface area contributed by atoms with Crippen LogP contribution >= 0.6 is 23.2 Å². The van der Waals surface area contributed by atoms with Gasteiger partial charge in [-0.2, -0.15) is 0 Å². The predicted molar refractivity (Wildman–Crippen MR) is 138 cm³/mol. The van der Waals surface area contributed by atoms with Crippen molar-refractivity contribution in [1.82, 2.24) is 4.57 Å². The summed E-state index contributed by atoms with van der Waals surface area (Å²) in [4.78, 5) is 13.4. The summed E-state index contributed by atoms with van der Waals surface area (Å²) in [5, 5.41) is 42.0. The second-order valence-electron chi connectivity index (χ2n) is 8.69. The fraction of sp³-hybridized carbons (Fsp3) is 0.222. The lowest BCUT2D eigenvalue weighted by atomic mass is 9.99. The molecule has 0 amide bonds. The molecule has 0 unspecified atom stereocenters. The maximum absolute atomic E-state index is 13.4. The number of hydrogen-bond acceptors (Lipinski definition) is 7. The van der Waals surface area contributed by atoms with E-state index in [0.29, 0.717) is 37.8 Å². The zero-order chi connectivity index (χ0) is 26.3. The molecular weight excluding hydrogens is 521 g/mol. The molecular formula is C27H23Cl2NO7. The minimum absolute atomic E-state index is 0.219. The fourth-order valence-electron chi connectivity index (χ4n) is 4.45. The van der Waals surface area contributed by atoms with Gasteiger partial charge in [-0.1, -0.05) is 53.5 Å². The molecule has 4 aromatic rings. The second kappa shape index (κ2) is 10.4. The quantitative estimate of drug-likeness (QED) is 0.275. The summed E-state index contributed by atoms with van der Waals surface area (Å²) in [7, 11) is 0. The van der Waals surface area contributed by atoms with Crippen LogP contribution in [0.3, 0.4) is 0 Å². The van der Waals surface area contributed by atoms with Gasteiger partial charge in [-0.3, -0.25) is 4.79 Å². The third-order valence-corrected chi connectivity index (χ3v) is 6.81. The summed E-state index contributed by atoms with van der Waals surface area (Å²) in [5.41, 5.74) is 1.91. The number of carbonyl (C=O) groups is 1. The number of aliphatic hydroxyl groups excluding tert-OH is 4. The van der Waals surface area contributed by atoms with Gasteiger partial charge in [0, 0.05) is 26.6 Å². The van der Waals surface area contributed by atoms with Gasteiger partial charge in [-0.25, -0.2) is 0 Å². The molecule has 1 saturated heterocycles. The molecule has 3 aromatic carbocycles. The first-order valence-electron chi connectivity index (χ1n) is 11.5. The molecule has 0 spiro atoms. The lowest BCUT2D eigenvalue weighted by Crippen LogP contribution is -2.60. The Hall–Kier alpha value is -2.95. The Morgan fingerprint density at radius 1 is 0.946 bits per heavy atom. The molecule has 37 heavy (non-hydrogen) atoms. The second-order valence-corrected chi connectivity index (χ2v) is 9.57. The van der Waals surface area contributed by atoms with Crippen LogP contribution in [-0.2, 0) is 4.74 Å². The summed E-state index contributed by atoms with van der Waals surface area (Å²) in [6, 6.07) is 18.7. The largest absolute Gasteiger partial charge is 0.480 e. The van der Waals surface area contributed by atoms with Crippen molar-refractivity contribution in [2.75, 3.05) is 6.61 Å². The number of halogens is 2. The lowest BCUT2D eigenvalue weighted by molar-refractivity contribution is -0.280. The van der Waals surface area contributed by atoms with Crippen LogP contribution in [-0.4, -0.2) is 68.1 Å². The van der Waals surface area contributed by atoms with Crippen LogP contribution in [0.25, 0.3) is 16.6 Å². The van der Waals surface area contributed by atoms with Crippen LogP contribution in [0, 0.1) is 0 Å². The molecule has 5 atom stereocenters. The average molecular weight is 544 g/mol. The van der Waals surface area contributed by atoms with Gasteiger partial charge < -0.3 is 34.5 Å². The van der Waals surface area contributed by atoms with E-state index in [4.69, 9.17) is 32.7 Å². The van der Waals surface area contributed by atoms with Crippen molar-refractivity contribution in [2.45, 2.75) is 30.7 Å². The summed E-state index contributed by atoms with van der Waals surface area (Å²) >= 11 is 12.6. The number of hydrogen-bond donors (Lipinski definition) is 4. The molecule has 8 nitrogen and oxygen atoms in total. The molecule has 1 aliphatic heterocycles. The minimum Gasteiger partial charge on any atom is -0.480 e. The first-order valence-corrected chi connectivity index (χ1v) is 12.2. The lowest BCUT2D eigenvalue weighted by Gasteiger charge is -2.39. The average Bonchev–Trinajstić information content (AvgIpc) is 3.25. The van der Waals surface area contributed by atoms with Crippen LogP contribution in [0.1, 0.15) is 15.9 Å². The van der Waals surface area contributed by atoms with Crippen LogP contribution in [0.15, 0.2) is 72.9 Å². The van der Waals surface area contributed by atoms with Gasteiger partial charge in [-0.15, -0.1) is 0 Å². The van der Waals surface area contributed by atoms with Gasteiger partial charge in [0.2, 0.25) is 0 Å². The number of nitrogens with zero attached hydrogens (tertiary/aromatic N) is 1. The molecule has 192 valence electrons. The zero-order valence-corrected chi connectivity index (χ0v) is 20.8. The van der Waals surface area contributed by atoms with E-state index in [0.717, 1.165) is 0 Å². The molecule has 1 aromatic heterocycles. The third-order valence-electron chi connectivity index (χ3n) is 6.34. The number of ether oxygens (including phenoxy) is 2. The van der Waals surface area contributed by atoms with Gasteiger partial charge in [-0.05, 0) is 36.4 Å². The Bertz CT molecular complexity index is 1440. The van der Waals surface area contributed by atoms with Gasteiger partial charge in [0.1, 0.15) is 24.1 Å². The molecule has 0 radical (unpaired) electrons. The van der Waals surface area contributed by atoms with E-state index in [-0.39, 0.29) is 11.5 Å². The van der Waals surface area contributed by atoms with Gasteiger partial charge >= 0.3 is 0 Å². The van der Waals surface area contributed by atoms with Gasteiger partial charge in [0.25, 0.3) is 0 Å². The van der Waals surface area contributed by atoms with Crippen molar-refractivity contribution in [1.29, 1.82) is 0 Å². The highest BCUT2D eigenvalue weighted by Gasteiger charge is 2.45. The maximum atomic E-state index is 13.4. The molecule has 0 bridgehead atoms. The van der Waals surface area contributed by atoms with Crippen LogP contribution in [0.4, 0.5) is 0 Å². The van der Waals surface area contributed by atoms with Crippen molar-refractivity contribution in [3.05, 3.63) is 94.1 Å². The van der Waals surface area contributed by atoms with Crippen LogP contribution in [0.5, 0.6) is 5.75 Å². The smallest absolute Gasteiger partial charge is 0.195 e. The normalized spacial score (nSPS) is 23.8. The van der Waals surface area contributed by atoms with E-state index in [9.17, 15) is 25.2 Å². The van der Waals surface area contributed by atoms with E-state index in [1.54, 1.807) is 71.4 Å². The fourth-order valence-corrected chi connectivity index (χ4v) is 4.78. The standard InChI is InChI=1S/C27H23Cl2NO7/c28-15-6-8-17-19(10-15)30(12-21(17)36-26-25(34)24(33)22(13-31)37-27(26)35)20-11-16(29)7-9-18(20)23(32)14-4-2-1-3-5-14/h1-12,22,24-27,31,33-35H,13H2/t22-,24+,25+,26-,27-/m1/s1. The Balaban J connectivity index is 1.62. The van der Waals surface area contributed by atoms with Gasteiger partial charge in [0.15, 0.2) is 18.2 Å². The molecule has 1 aliphatic rings. The highest BCUT2D eigenvalue weighted by atomic mass is 35.5. The topological polar surface area (TPSA) is 121 Å². The maximum Gasteiger partial charge on any atom is 0.195 e. The zero-order valence-electron chi connectivity index (χ0n) is 19.2. The first kappa shape index (κ1) is 25.7. The Morgan fingerprint density at radius 3 is 2.38 bits per heavy atom. The SMILES string of the molecule is O=C(c1ccccc1)c1ccc(Cl)cc1-n1cc(O[C@@H]2[C@@H](O)[C@@H](O)[C@@H](CO)O[C@H]2O)c2ccc(Cl)cc21. The van der Waals surface area contributed by atoms with Crippen molar-refractivity contribution >= 4 is 39.9 Å². The minimum atomic E-state index is -1.62. The van der Waals surface area contributed by atoms with E-state index in [1.165, 1.54) is 0 Å². The van der Waals surface area contributed by atoms with Crippen molar-refractivity contribution in [3.8, 4) is 11.4 Å². The number of fused-ring (bicyclic) bond motifs is 1. The number of aromatic nitrogens is 1. The molecule has 1 fully saturated rings. The molecule has 2 heterocycles. The summed E-state index contributed by atoms with van der Waals surface area (Å²) in [5.74, 6) is 0.00871. The third kappa shape index (κ3) is 4.85. The van der Waals surface area contributed by atoms with E-state index < -0.39 is 37.3 Å². The summed E-state index contributed by atoms with van der Waals surface area (Å²) in [6.45, 7) is -0.590. The van der Waals surface area contributed by atoms with E-state index >= 15 is 0 Å².